The molecule has 1 aromatic rings. The number of morpholine rings is 1. The Bertz CT molecular complexity index is 1150. The fourth-order valence-corrected chi connectivity index (χ4v) is 5.63. The van der Waals surface area contributed by atoms with Crippen molar-refractivity contribution in [3.05, 3.63) is 46.1 Å². The number of amides is 1. The zero-order chi connectivity index (χ0) is 27.8. The van der Waals surface area contributed by atoms with E-state index in [4.69, 9.17) is 28.7 Å². The summed E-state index contributed by atoms with van der Waals surface area (Å²) in [6.07, 6.45) is 0.134. The van der Waals surface area contributed by atoms with E-state index < -0.39 is 12.0 Å². The van der Waals surface area contributed by atoms with Crippen LogP contribution in [0.25, 0.3) is 0 Å². The molecule has 1 amide bonds. The number of carbonyl (C=O) groups is 2. The molecule has 0 aromatic heterocycles. The standard InChI is InChI=1S/C27H36N4O7S/c1-18-24(26(33)38-14-13-34-2)25(21-6-5-20(35-3)16-22(21)36-4)31-19(17-39-27(31)29-18)15-23(32)28-7-8-30-9-11-37-12-10-30/h5-6,16-17,25H,7-15H2,1-4H3,(H,28,32)/t25-/m0/s1. The molecule has 1 fully saturated rings. The minimum absolute atomic E-state index is 0.104. The fourth-order valence-electron chi connectivity index (χ4n) is 4.67. The number of ether oxygens (including phenoxy) is 5. The number of carbonyl (C=O) groups excluding carboxylic acids is 2. The number of hydrogen-bond donors (Lipinski definition) is 1. The van der Waals surface area contributed by atoms with Crippen molar-refractivity contribution in [1.29, 1.82) is 0 Å². The summed E-state index contributed by atoms with van der Waals surface area (Å²) in [4.78, 5) is 35.3. The lowest BCUT2D eigenvalue weighted by molar-refractivity contribution is -0.141. The van der Waals surface area contributed by atoms with Crippen LogP contribution in [0.1, 0.15) is 24.9 Å². The number of nitrogens with zero attached hydrogens (tertiary/aromatic N) is 3. The average molecular weight is 561 g/mol. The van der Waals surface area contributed by atoms with Gasteiger partial charge >= 0.3 is 5.97 Å². The van der Waals surface area contributed by atoms with Gasteiger partial charge < -0.3 is 33.9 Å². The highest BCUT2D eigenvalue weighted by atomic mass is 32.2. The number of rotatable bonds is 12. The molecule has 1 N–H and O–H groups in total. The lowest BCUT2D eigenvalue weighted by atomic mass is 9.93. The summed E-state index contributed by atoms with van der Waals surface area (Å²) in [7, 11) is 4.70. The van der Waals surface area contributed by atoms with Crippen molar-refractivity contribution in [2.24, 2.45) is 4.99 Å². The molecule has 1 atom stereocenters. The number of nitrogens with one attached hydrogen (secondary N) is 1. The van der Waals surface area contributed by atoms with Gasteiger partial charge in [0.2, 0.25) is 5.91 Å². The van der Waals surface area contributed by atoms with E-state index in [1.165, 1.54) is 11.8 Å². The number of hydrogen-bond acceptors (Lipinski definition) is 11. The van der Waals surface area contributed by atoms with Gasteiger partial charge in [-0.3, -0.25) is 9.69 Å². The minimum atomic E-state index is -0.615. The van der Waals surface area contributed by atoms with E-state index in [0.717, 1.165) is 30.9 Å². The monoisotopic (exact) mass is 560 g/mol. The second-order valence-electron chi connectivity index (χ2n) is 9.11. The lowest BCUT2D eigenvalue weighted by Crippen LogP contribution is -2.42. The first-order valence-corrected chi connectivity index (χ1v) is 13.7. The van der Waals surface area contributed by atoms with Crippen LogP contribution in [0.15, 0.2) is 45.6 Å². The van der Waals surface area contributed by atoms with E-state index in [-0.39, 0.29) is 25.5 Å². The molecule has 0 radical (unpaired) electrons. The van der Waals surface area contributed by atoms with Gasteiger partial charge in [0.1, 0.15) is 18.1 Å². The quantitative estimate of drug-likeness (QED) is 0.302. The Balaban J connectivity index is 1.58. The molecular formula is C27H36N4O7S. The number of allylic oxidation sites excluding steroid dienone is 1. The summed E-state index contributed by atoms with van der Waals surface area (Å²) in [5.74, 6) is 0.562. The molecule has 12 heteroatoms. The second-order valence-corrected chi connectivity index (χ2v) is 9.95. The van der Waals surface area contributed by atoms with Gasteiger partial charge in [-0.1, -0.05) is 11.8 Å². The topological polar surface area (TPSA) is 111 Å². The first-order chi connectivity index (χ1) is 19.0. The van der Waals surface area contributed by atoms with Crippen molar-refractivity contribution >= 4 is 28.8 Å². The Labute approximate surface area is 233 Å². The maximum absolute atomic E-state index is 13.4. The van der Waals surface area contributed by atoms with Crippen LogP contribution in [-0.4, -0.2) is 101 Å². The van der Waals surface area contributed by atoms with Gasteiger partial charge in [0.05, 0.1) is 57.8 Å². The third kappa shape index (κ3) is 6.93. The summed E-state index contributed by atoms with van der Waals surface area (Å²) in [5.41, 5.74) is 2.38. The Kier molecular flexibility index (Phi) is 10.3. The number of benzene rings is 1. The van der Waals surface area contributed by atoms with E-state index >= 15 is 0 Å². The SMILES string of the molecule is COCCOC(=O)C1=C(C)N=C2SC=C(CC(=O)NCCN3CCOCC3)N2[C@H]1c1ccc(OC)cc1OC. The molecule has 0 saturated carbocycles. The third-order valence-electron chi connectivity index (χ3n) is 6.67. The van der Waals surface area contributed by atoms with Crippen molar-refractivity contribution < 1.29 is 33.3 Å². The molecule has 1 saturated heterocycles. The number of amidine groups is 1. The van der Waals surface area contributed by atoms with Crippen molar-refractivity contribution in [3.8, 4) is 11.5 Å². The summed E-state index contributed by atoms with van der Waals surface area (Å²) < 4.78 is 27.1. The molecule has 11 nitrogen and oxygen atoms in total. The number of aliphatic imine (C=N–C) groups is 1. The average Bonchev–Trinajstić information content (AvgIpc) is 3.34. The smallest absolute Gasteiger partial charge is 0.338 e. The molecular weight excluding hydrogens is 524 g/mol. The molecule has 4 rings (SSSR count). The molecule has 1 aromatic carbocycles. The van der Waals surface area contributed by atoms with Crippen LogP contribution in [-0.2, 0) is 23.8 Å². The fraction of sp³-hybridized carbons (Fsp3) is 0.519. The van der Waals surface area contributed by atoms with Crippen LogP contribution in [0.5, 0.6) is 11.5 Å². The van der Waals surface area contributed by atoms with Gasteiger partial charge in [0.15, 0.2) is 5.17 Å². The summed E-state index contributed by atoms with van der Waals surface area (Å²) in [6.45, 7) is 6.66. The van der Waals surface area contributed by atoms with Crippen LogP contribution < -0.4 is 14.8 Å². The lowest BCUT2D eigenvalue weighted by Gasteiger charge is -2.36. The first-order valence-electron chi connectivity index (χ1n) is 12.9. The Morgan fingerprint density at radius 1 is 1.15 bits per heavy atom. The van der Waals surface area contributed by atoms with E-state index in [0.29, 0.717) is 47.7 Å². The number of fused-ring (bicyclic) bond motifs is 1. The van der Waals surface area contributed by atoms with Gasteiger partial charge in [-0.2, -0.15) is 0 Å². The molecule has 0 spiro atoms. The number of esters is 1. The highest BCUT2D eigenvalue weighted by Gasteiger charge is 2.42. The Hall–Kier alpha value is -3.06. The van der Waals surface area contributed by atoms with Crippen molar-refractivity contribution in [2.45, 2.75) is 19.4 Å². The van der Waals surface area contributed by atoms with E-state index in [1.54, 1.807) is 34.3 Å². The highest BCUT2D eigenvalue weighted by Crippen LogP contribution is 2.47. The summed E-state index contributed by atoms with van der Waals surface area (Å²) in [6, 6.07) is 4.84. The first kappa shape index (κ1) is 28.9. The zero-order valence-electron chi connectivity index (χ0n) is 22.9. The molecule has 0 unspecified atom stereocenters. The molecule has 212 valence electrons. The molecule has 3 heterocycles. The van der Waals surface area contributed by atoms with Gasteiger partial charge in [-0.15, -0.1) is 0 Å². The molecule has 3 aliphatic heterocycles. The highest BCUT2D eigenvalue weighted by molar-refractivity contribution is 8.16. The maximum atomic E-state index is 13.4. The van der Waals surface area contributed by atoms with Crippen LogP contribution >= 0.6 is 11.8 Å². The van der Waals surface area contributed by atoms with E-state index in [9.17, 15) is 9.59 Å². The third-order valence-corrected chi connectivity index (χ3v) is 7.56. The molecule has 0 aliphatic carbocycles. The van der Waals surface area contributed by atoms with Gasteiger partial charge in [0.25, 0.3) is 0 Å². The predicted molar refractivity (Wildman–Crippen MR) is 148 cm³/mol. The van der Waals surface area contributed by atoms with Crippen molar-refractivity contribution in [1.82, 2.24) is 15.1 Å². The zero-order valence-corrected chi connectivity index (χ0v) is 23.7. The Morgan fingerprint density at radius 2 is 1.95 bits per heavy atom. The molecule has 0 bridgehead atoms. The van der Waals surface area contributed by atoms with Crippen LogP contribution in [0.3, 0.4) is 0 Å². The summed E-state index contributed by atoms with van der Waals surface area (Å²) >= 11 is 1.42. The maximum Gasteiger partial charge on any atom is 0.338 e. The Morgan fingerprint density at radius 3 is 2.67 bits per heavy atom. The number of methoxy groups -OCH3 is 3. The number of thioether (sulfide) groups is 1. The van der Waals surface area contributed by atoms with E-state index in [1.807, 2.05) is 22.4 Å². The van der Waals surface area contributed by atoms with E-state index in [2.05, 4.69) is 10.2 Å². The largest absolute Gasteiger partial charge is 0.497 e. The predicted octanol–water partition coefficient (Wildman–Crippen LogP) is 2.31. The minimum Gasteiger partial charge on any atom is -0.497 e. The van der Waals surface area contributed by atoms with Crippen molar-refractivity contribution in [2.75, 3.05) is 73.9 Å². The molecule has 3 aliphatic rings. The van der Waals surface area contributed by atoms with Gasteiger partial charge in [0, 0.05) is 50.6 Å². The normalized spacial score (nSPS) is 19.3. The van der Waals surface area contributed by atoms with Crippen LogP contribution in [0.4, 0.5) is 0 Å². The van der Waals surface area contributed by atoms with Gasteiger partial charge in [-0.05, 0) is 24.5 Å². The summed E-state index contributed by atoms with van der Waals surface area (Å²) in [5, 5.41) is 5.62. The van der Waals surface area contributed by atoms with Crippen LogP contribution in [0.2, 0.25) is 0 Å². The molecule has 39 heavy (non-hydrogen) atoms. The second kappa shape index (κ2) is 13.8. The van der Waals surface area contributed by atoms with Crippen LogP contribution in [0, 0.1) is 0 Å². The van der Waals surface area contributed by atoms with Gasteiger partial charge in [-0.25, -0.2) is 9.79 Å². The van der Waals surface area contributed by atoms with Crippen molar-refractivity contribution in [3.63, 3.8) is 0 Å².